The predicted octanol–water partition coefficient (Wildman–Crippen LogP) is 7.11. The van der Waals surface area contributed by atoms with E-state index in [4.69, 9.17) is 98.7 Å². The second-order valence-corrected chi connectivity index (χ2v) is 25.6. The van der Waals surface area contributed by atoms with Gasteiger partial charge in [-0.05, 0) is 181 Å². The number of aliphatic hydroxyl groups excluding tert-OH is 7. The van der Waals surface area contributed by atoms with Gasteiger partial charge in [0.05, 0.1) is 116 Å². The third kappa shape index (κ3) is 114. The van der Waals surface area contributed by atoms with Crippen LogP contribution in [-0.4, -0.2) is 234 Å². The van der Waals surface area contributed by atoms with E-state index in [9.17, 15) is 28.8 Å². The number of hydrogen-bond acceptors (Lipinski definition) is 30. The SMILES string of the molecule is CC(C)(C)C(=O)OCO.CC(C)(C)O.CC(C)O.CC(C)OC(=O)C(C)N.CC(C)OC(=O)CN.CC(C)OC(=O)OCO.CCC(N)C(=O)OC(C)C.CCOC(=O)CN.CCOc1ccccc1CO.CCOc1ccccc1O.C[N+](C)(C)CCO.NCCO.OCc1ccccc1.Oc1ccccc1. The second kappa shape index (κ2) is 81.7. The number of phenolic OH excluding ortho intramolecular Hbond substituents is 2. The van der Waals surface area contributed by atoms with E-state index in [0.717, 1.165) is 27.9 Å². The zero-order chi connectivity index (χ0) is 86.5. The normalized spacial score (nSPS) is 10.3. The summed E-state index contributed by atoms with van der Waals surface area (Å²) in [5.41, 5.74) is 26.0. The molecule has 0 aliphatic heterocycles. The fourth-order valence-corrected chi connectivity index (χ4v) is 4.89. The maximum Gasteiger partial charge on any atom is 0.510 e. The molecule has 0 heterocycles. The molecule has 0 saturated heterocycles. The largest absolute Gasteiger partial charge is 0.510 e. The minimum Gasteiger partial charge on any atom is -0.508 e. The van der Waals surface area contributed by atoms with Crippen LogP contribution in [0.4, 0.5) is 4.79 Å². The Morgan fingerprint density at radius 2 is 0.861 bits per heavy atom. The molecular formula is C77H145N6O25+. The number of esters is 5. The summed E-state index contributed by atoms with van der Waals surface area (Å²) in [7, 11) is 6.16. The van der Waals surface area contributed by atoms with Crippen molar-refractivity contribution in [3.05, 3.63) is 120 Å². The topological polar surface area (TPSA) is 518 Å². The average molecular weight is 1560 g/mol. The van der Waals surface area contributed by atoms with Crippen LogP contribution in [-0.2, 0) is 70.3 Å². The number of nitrogens with zero attached hydrogens (tertiary/aromatic N) is 1. The number of aliphatic hydroxyl groups is 8. The molecule has 0 aliphatic rings. The molecule has 0 radical (unpaired) electrons. The Kier molecular flexibility index (Phi) is 91.6. The van der Waals surface area contributed by atoms with Gasteiger partial charge in [0, 0.05) is 18.2 Å². The van der Waals surface area contributed by atoms with Gasteiger partial charge in [0.25, 0.3) is 0 Å². The molecule has 2 unspecified atom stereocenters. The Balaban J connectivity index is -0.000000121. The molecule has 0 aromatic heterocycles. The molecule has 0 amide bonds. The number of carbonyl (C=O) groups is 6. The molecule has 0 saturated carbocycles. The van der Waals surface area contributed by atoms with Crippen molar-refractivity contribution in [2.24, 2.45) is 34.1 Å². The van der Waals surface area contributed by atoms with Crippen molar-refractivity contribution in [2.75, 3.05) is 93.9 Å². The van der Waals surface area contributed by atoms with E-state index in [1.165, 1.54) is 0 Å². The fourth-order valence-electron chi connectivity index (χ4n) is 4.89. The summed E-state index contributed by atoms with van der Waals surface area (Å²) in [5.74, 6) is 0.115. The second-order valence-electron chi connectivity index (χ2n) is 25.6. The molecule has 2 atom stereocenters. The standard InChI is InChI=1S/C9H12O2.C8H10O2.C7H15NO2.C7H8O.C6H13NO2.C6H12O3.C6H6O.C5H11NO2.C5H14NO.C5H10O4.C4H9NO2.C4H10O.C3H8O.C2H7NO/c1-2-11-9-6-4-3-5-8(9)7-10;1-2-10-8-6-4-3-5-7(8)9;1-4-6(8)7(9)10-5(2)3;8-6-7-4-2-1-3-5-7;1-4(2)9-6(8)5(3)7;1-6(2,3)5(8)9-4-7;7-6-4-2-1-3-5-6;1-4(2)8-5(7)3-6;1-6(2,3)4-5-7;1-4(2)9-5(7)8-3-6;1-2-7-4(6)3-5;1-4(2,3)5;1-3(2)4;3-1-2-4/h3-6,10H,2,7H2,1H3;3-6,9H,2H2,1H3;5-6H,4,8H2,1-3H3;1-5,8H,6H2;4-5H,7H2,1-3H3;7H,4H2,1-3H3;1-5,7H;4H,3,6H2,1-2H3;7H,4-5H2,1-3H3;4,6H,3H2,1-2H3;2-3,5H2,1H3;5H,1-3H3;3-4H,1-2H3;4H,1-3H2/q;;;;;;;;+1;;;;;. The predicted molar refractivity (Wildman–Crippen MR) is 421 cm³/mol. The lowest BCUT2D eigenvalue weighted by atomic mass is 9.98. The molecule has 4 aromatic carbocycles. The van der Waals surface area contributed by atoms with Crippen LogP contribution < -0.4 is 38.1 Å². The first-order chi connectivity index (χ1) is 50.0. The summed E-state index contributed by atoms with van der Waals surface area (Å²) in [6, 6.07) is 31.7. The molecule has 4 rings (SSSR count). The third-order valence-corrected chi connectivity index (χ3v) is 9.44. The van der Waals surface area contributed by atoms with Crippen molar-refractivity contribution in [1.29, 1.82) is 0 Å². The molecule has 0 aliphatic carbocycles. The number of likely N-dealkylation sites (N-methyl/N-ethyl adjacent to an activating group) is 1. The van der Waals surface area contributed by atoms with Crippen molar-refractivity contribution in [3.63, 3.8) is 0 Å². The van der Waals surface area contributed by atoms with Gasteiger partial charge in [0.1, 0.15) is 30.1 Å². The highest BCUT2D eigenvalue weighted by Gasteiger charge is 2.22. The number of ether oxygens (including phenoxy) is 9. The van der Waals surface area contributed by atoms with E-state index in [0.29, 0.717) is 44.3 Å². The zero-order valence-electron chi connectivity index (χ0n) is 69.3. The van der Waals surface area contributed by atoms with E-state index >= 15 is 0 Å². The monoisotopic (exact) mass is 1550 g/mol. The maximum atomic E-state index is 10.8. The van der Waals surface area contributed by atoms with Gasteiger partial charge >= 0.3 is 36.0 Å². The van der Waals surface area contributed by atoms with Crippen molar-refractivity contribution in [2.45, 2.75) is 213 Å². The van der Waals surface area contributed by atoms with Crippen molar-refractivity contribution in [3.8, 4) is 23.0 Å². The van der Waals surface area contributed by atoms with Gasteiger partial charge in [-0.2, -0.15) is 0 Å². The van der Waals surface area contributed by atoms with Crippen molar-refractivity contribution < 1.29 is 127 Å². The van der Waals surface area contributed by atoms with Crippen LogP contribution in [0.3, 0.4) is 0 Å². The summed E-state index contributed by atoms with van der Waals surface area (Å²) in [6.07, 6.45) is -0.762. The number of hydrogen-bond donors (Lipinski definition) is 15. The summed E-state index contributed by atoms with van der Waals surface area (Å²) >= 11 is 0. The molecule has 0 bridgehead atoms. The Bertz CT molecular complexity index is 2630. The molecule has 0 fully saturated rings. The van der Waals surface area contributed by atoms with Crippen LogP contribution in [0.2, 0.25) is 0 Å². The highest BCUT2D eigenvalue weighted by Crippen LogP contribution is 2.24. The molecule has 31 heteroatoms. The molecule has 20 N–H and O–H groups in total. The lowest BCUT2D eigenvalue weighted by Crippen LogP contribution is -2.36. The van der Waals surface area contributed by atoms with Gasteiger partial charge < -0.3 is 127 Å². The van der Waals surface area contributed by atoms with Crippen LogP contribution in [0, 0.1) is 5.41 Å². The molecule has 31 nitrogen and oxygen atoms in total. The Hall–Kier alpha value is -7.86. The van der Waals surface area contributed by atoms with Crippen LogP contribution in [0.25, 0.3) is 0 Å². The maximum absolute atomic E-state index is 10.8. The average Bonchev–Trinajstić information content (AvgIpc) is 0.901. The highest BCUT2D eigenvalue weighted by atomic mass is 16.8. The number of phenols is 2. The fraction of sp³-hybridized carbons (Fsp3) is 0.610. The van der Waals surface area contributed by atoms with Gasteiger partial charge in [-0.1, -0.05) is 85.8 Å². The van der Waals surface area contributed by atoms with Gasteiger partial charge in [0.15, 0.2) is 25.1 Å². The Morgan fingerprint density at radius 1 is 0.481 bits per heavy atom. The number of para-hydroxylation sites is 4. The molecule has 0 spiro atoms. The van der Waals surface area contributed by atoms with E-state index < -0.39 is 42.8 Å². The molecule has 632 valence electrons. The summed E-state index contributed by atoms with van der Waals surface area (Å²) < 4.78 is 42.7. The minimum atomic E-state index is -0.840. The van der Waals surface area contributed by atoms with Gasteiger partial charge in [-0.25, -0.2) is 4.79 Å². The smallest absolute Gasteiger partial charge is 0.508 e. The molecular weight excluding hydrogens is 1410 g/mol. The lowest BCUT2D eigenvalue weighted by Gasteiger charge is -2.21. The third-order valence-electron chi connectivity index (χ3n) is 9.44. The van der Waals surface area contributed by atoms with Crippen LogP contribution in [0.15, 0.2) is 109 Å². The van der Waals surface area contributed by atoms with Crippen LogP contribution in [0.1, 0.15) is 163 Å². The summed E-state index contributed by atoms with van der Waals surface area (Å²) in [4.78, 5) is 62.7. The number of carbonyl (C=O) groups excluding carboxylic acids is 6. The summed E-state index contributed by atoms with van der Waals surface area (Å²) in [5, 5.41) is 84.0. The summed E-state index contributed by atoms with van der Waals surface area (Å²) in [6.45, 7) is 39.2. The quantitative estimate of drug-likeness (QED) is 0.0171. The van der Waals surface area contributed by atoms with Gasteiger partial charge in [-0.3, -0.25) is 24.0 Å². The molecule has 108 heavy (non-hydrogen) atoms. The van der Waals surface area contributed by atoms with Gasteiger partial charge in [-0.15, -0.1) is 0 Å². The zero-order valence-corrected chi connectivity index (χ0v) is 69.3. The number of rotatable bonds is 21. The highest BCUT2D eigenvalue weighted by molar-refractivity contribution is 5.76. The Morgan fingerprint density at radius 3 is 1.10 bits per heavy atom. The van der Waals surface area contributed by atoms with Crippen LogP contribution >= 0.6 is 0 Å². The van der Waals surface area contributed by atoms with Gasteiger partial charge in [0.2, 0.25) is 0 Å². The van der Waals surface area contributed by atoms with E-state index in [2.05, 4.69) is 44.8 Å². The van der Waals surface area contributed by atoms with E-state index in [1.807, 2.05) is 87.5 Å². The minimum absolute atomic E-state index is 0.0200. The van der Waals surface area contributed by atoms with E-state index in [-0.39, 0.29) is 106 Å². The Labute approximate surface area is 645 Å². The number of aromatic hydroxyl groups is 2. The first-order valence-electron chi connectivity index (χ1n) is 35.1. The number of quaternary nitrogens is 1. The first-order valence-corrected chi connectivity index (χ1v) is 35.1. The lowest BCUT2D eigenvalue weighted by molar-refractivity contribution is -0.870. The first kappa shape index (κ1) is 121. The van der Waals surface area contributed by atoms with Crippen LogP contribution in [0.5, 0.6) is 23.0 Å². The molecule has 4 aromatic rings. The van der Waals surface area contributed by atoms with Crippen molar-refractivity contribution >= 4 is 36.0 Å². The number of benzene rings is 4. The van der Waals surface area contributed by atoms with E-state index in [1.54, 1.807) is 167 Å². The number of nitrogens with two attached hydrogens (primary N) is 5. The van der Waals surface area contributed by atoms with Crippen molar-refractivity contribution in [1.82, 2.24) is 0 Å².